The molecule has 2 aromatic rings. The van der Waals surface area contributed by atoms with Gasteiger partial charge in [-0.25, -0.2) is 4.79 Å². The lowest BCUT2D eigenvalue weighted by molar-refractivity contribution is -0.160. The van der Waals surface area contributed by atoms with Crippen molar-refractivity contribution in [2.24, 2.45) is 5.92 Å². The summed E-state index contributed by atoms with van der Waals surface area (Å²) in [7, 11) is 3.19. The van der Waals surface area contributed by atoms with E-state index < -0.39 is 29.7 Å². The number of esters is 1. The van der Waals surface area contributed by atoms with E-state index >= 15 is 0 Å². The van der Waals surface area contributed by atoms with E-state index in [1.165, 1.54) is 16.2 Å². The van der Waals surface area contributed by atoms with Crippen LogP contribution in [0.5, 0.6) is 0 Å². The van der Waals surface area contributed by atoms with Gasteiger partial charge in [0.15, 0.2) is 0 Å². The Hall–Kier alpha value is -4.14. The van der Waals surface area contributed by atoms with Crippen LogP contribution in [0.15, 0.2) is 60.7 Å². The molecule has 0 saturated heterocycles. The summed E-state index contributed by atoms with van der Waals surface area (Å²) in [6.07, 6.45) is 10.2. The zero-order valence-electron chi connectivity index (χ0n) is 29.2. The maximum absolute atomic E-state index is 14.4. The maximum Gasteiger partial charge on any atom is 0.410 e. The first-order chi connectivity index (χ1) is 22.9. The second kappa shape index (κ2) is 15.4. The summed E-state index contributed by atoms with van der Waals surface area (Å²) in [6.45, 7) is 5.65. The standard InChI is InChI=1S/C39H51N3O6/c1-39(2,3)48-35(43)25-40(4)36(44)34(24-27-16-8-6-9-17-27)42-23-15-7-10-22-33(37(42)45)41(5)38(46)47-26-32-30-20-13-11-18-28(30)29-19-12-14-21-31(29)32/h7,10-14,18-21,27,32-34H,6,8-9,15-17,22-26H2,1-5H3/b10-7-/t33-,34-/m0/s1. The molecule has 9 nitrogen and oxygen atoms in total. The molecule has 1 fully saturated rings. The number of amides is 3. The van der Waals surface area contributed by atoms with Crippen molar-refractivity contribution in [1.82, 2.24) is 14.7 Å². The van der Waals surface area contributed by atoms with Gasteiger partial charge in [-0.1, -0.05) is 92.8 Å². The molecule has 0 unspecified atom stereocenters. The van der Waals surface area contributed by atoms with Crippen molar-refractivity contribution < 1.29 is 28.7 Å². The molecule has 258 valence electrons. The Morgan fingerprint density at radius 2 is 1.54 bits per heavy atom. The van der Waals surface area contributed by atoms with Crippen molar-refractivity contribution in [2.75, 3.05) is 33.8 Å². The van der Waals surface area contributed by atoms with E-state index in [1.54, 1.807) is 39.8 Å². The molecule has 2 aromatic carbocycles. The van der Waals surface area contributed by atoms with Crippen molar-refractivity contribution >= 4 is 23.9 Å². The van der Waals surface area contributed by atoms with Crippen LogP contribution in [0.3, 0.4) is 0 Å². The van der Waals surface area contributed by atoms with Crippen LogP contribution in [0.4, 0.5) is 4.79 Å². The third-order valence-electron chi connectivity index (χ3n) is 9.83. The molecular weight excluding hydrogens is 606 g/mol. The van der Waals surface area contributed by atoms with Crippen LogP contribution in [-0.4, -0.2) is 90.1 Å². The Balaban J connectivity index is 1.33. The Morgan fingerprint density at radius 1 is 0.917 bits per heavy atom. The summed E-state index contributed by atoms with van der Waals surface area (Å²) in [6, 6.07) is 14.7. The van der Waals surface area contributed by atoms with Crippen molar-refractivity contribution in [1.29, 1.82) is 0 Å². The lowest BCUT2D eigenvalue weighted by atomic mass is 9.84. The number of carbonyl (C=O) groups is 4. The number of nitrogens with zero attached hydrogens (tertiary/aromatic N) is 3. The first kappa shape index (κ1) is 35.2. The van der Waals surface area contributed by atoms with Crippen molar-refractivity contribution in [2.45, 2.75) is 95.7 Å². The van der Waals surface area contributed by atoms with Gasteiger partial charge in [-0.15, -0.1) is 0 Å². The highest BCUT2D eigenvalue weighted by Gasteiger charge is 2.40. The Labute approximate surface area is 285 Å². The molecule has 2 atom stereocenters. The number of carbonyl (C=O) groups excluding carboxylic acids is 4. The van der Waals surface area contributed by atoms with Crippen molar-refractivity contribution in [3.8, 4) is 11.1 Å². The molecule has 3 amide bonds. The summed E-state index contributed by atoms with van der Waals surface area (Å²) in [5.41, 5.74) is 3.84. The second-order valence-electron chi connectivity index (χ2n) is 14.5. The summed E-state index contributed by atoms with van der Waals surface area (Å²) in [5, 5.41) is 0. The van der Waals surface area contributed by atoms with Gasteiger partial charge in [0.2, 0.25) is 11.8 Å². The van der Waals surface area contributed by atoms with Crippen LogP contribution in [0.2, 0.25) is 0 Å². The SMILES string of the molecule is CN(CC(=O)OC(C)(C)C)C(=O)[C@H](CC1CCCCC1)N1CC/C=C\C[C@H](N(C)C(=O)OCC2c3ccccc3-c3ccccc32)C1=O. The fourth-order valence-corrected chi connectivity index (χ4v) is 7.41. The fourth-order valence-electron chi connectivity index (χ4n) is 7.41. The molecule has 0 aromatic heterocycles. The predicted molar refractivity (Wildman–Crippen MR) is 185 cm³/mol. The van der Waals surface area contributed by atoms with Gasteiger partial charge in [0.05, 0.1) is 0 Å². The summed E-state index contributed by atoms with van der Waals surface area (Å²) < 4.78 is 11.4. The normalized spacial score (nSPS) is 19.7. The molecule has 0 spiro atoms. The smallest absolute Gasteiger partial charge is 0.410 e. The summed E-state index contributed by atoms with van der Waals surface area (Å²) in [4.78, 5) is 59.3. The quantitative estimate of drug-likeness (QED) is 0.224. The summed E-state index contributed by atoms with van der Waals surface area (Å²) in [5.74, 6) is -0.862. The van der Waals surface area contributed by atoms with Crippen molar-refractivity contribution in [3.05, 3.63) is 71.8 Å². The second-order valence-corrected chi connectivity index (χ2v) is 14.5. The number of hydrogen-bond acceptors (Lipinski definition) is 6. The minimum atomic E-state index is -0.838. The molecule has 1 heterocycles. The minimum absolute atomic E-state index is 0.0998. The number of fused-ring (bicyclic) bond motifs is 3. The van der Waals surface area contributed by atoms with E-state index in [4.69, 9.17) is 9.47 Å². The lowest BCUT2D eigenvalue weighted by Crippen LogP contribution is -2.57. The number of hydrogen-bond donors (Lipinski definition) is 0. The first-order valence-corrected chi connectivity index (χ1v) is 17.4. The Bertz CT molecular complexity index is 1460. The van der Waals surface area contributed by atoms with Gasteiger partial charge in [-0.3, -0.25) is 19.3 Å². The average Bonchev–Trinajstić information content (AvgIpc) is 3.37. The zero-order valence-corrected chi connectivity index (χ0v) is 29.2. The monoisotopic (exact) mass is 657 g/mol. The number of rotatable bonds is 9. The van der Waals surface area contributed by atoms with E-state index in [9.17, 15) is 19.2 Å². The number of ether oxygens (including phenoxy) is 2. The Morgan fingerprint density at radius 3 is 2.17 bits per heavy atom. The minimum Gasteiger partial charge on any atom is -0.459 e. The molecule has 0 radical (unpaired) electrons. The van der Waals surface area contributed by atoms with Crippen LogP contribution < -0.4 is 0 Å². The topological polar surface area (TPSA) is 96.5 Å². The largest absolute Gasteiger partial charge is 0.459 e. The molecule has 1 saturated carbocycles. The number of likely N-dealkylation sites (N-methyl/N-ethyl adjacent to an activating group) is 2. The fraction of sp³-hybridized carbons (Fsp3) is 0.538. The molecule has 48 heavy (non-hydrogen) atoms. The summed E-state index contributed by atoms with van der Waals surface area (Å²) >= 11 is 0. The van der Waals surface area contributed by atoms with Crippen molar-refractivity contribution in [3.63, 3.8) is 0 Å². The van der Waals surface area contributed by atoms with E-state index in [2.05, 4.69) is 24.3 Å². The van der Waals surface area contributed by atoms with Gasteiger partial charge in [0.25, 0.3) is 0 Å². The van der Waals surface area contributed by atoms with Gasteiger partial charge >= 0.3 is 12.1 Å². The van der Waals surface area contributed by atoms with E-state index in [0.29, 0.717) is 31.7 Å². The maximum atomic E-state index is 14.4. The molecule has 0 N–H and O–H groups in total. The van der Waals surface area contributed by atoms with Gasteiger partial charge < -0.3 is 19.3 Å². The van der Waals surface area contributed by atoms with Gasteiger partial charge in [0.1, 0.15) is 30.8 Å². The highest BCUT2D eigenvalue weighted by Crippen LogP contribution is 2.44. The van der Waals surface area contributed by atoms with E-state index in [0.717, 1.165) is 47.9 Å². The molecule has 1 aliphatic heterocycles. The van der Waals surface area contributed by atoms with Gasteiger partial charge in [-0.05, 0) is 68.2 Å². The molecule has 0 bridgehead atoms. The van der Waals surface area contributed by atoms with E-state index in [1.807, 2.05) is 36.4 Å². The third-order valence-corrected chi connectivity index (χ3v) is 9.83. The molecular formula is C39H51N3O6. The van der Waals surface area contributed by atoms with E-state index in [-0.39, 0.29) is 30.9 Å². The first-order valence-electron chi connectivity index (χ1n) is 17.4. The van der Waals surface area contributed by atoms with Crippen LogP contribution in [0.25, 0.3) is 11.1 Å². The third kappa shape index (κ3) is 8.28. The number of benzene rings is 2. The Kier molecular flexibility index (Phi) is 11.3. The molecule has 9 heteroatoms. The molecule has 2 aliphatic carbocycles. The average molecular weight is 658 g/mol. The predicted octanol–water partition coefficient (Wildman–Crippen LogP) is 6.55. The molecule has 3 aliphatic rings. The molecule has 5 rings (SSSR count). The highest BCUT2D eigenvalue weighted by molar-refractivity contribution is 5.92. The zero-order chi connectivity index (χ0) is 34.4. The van der Waals surface area contributed by atoms with Gasteiger partial charge in [-0.2, -0.15) is 0 Å². The van der Waals surface area contributed by atoms with Crippen LogP contribution >= 0.6 is 0 Å². The van der Waals surface area contributed by atoms with Crippen LogP contribution in [-0.2, 0) is 23.9 Å². The lowest BCUT2D eigenvalue weighted by Gasteiger charge is -2.39. The van der Waals surface area contributed by atoms with Crippen LogP contribution in [0, 0.1) is 5.92 Å². The van der Waals surface area contributed by atoms with Gasteiger partial charge in [0, 0.05) is 26.6 Å². The van der Waals surface area contributed by atoms with Crippen LogP contribution in [0.1, 0.15) is 89.2 Å². The highest BCUT2D eigenvalue weighted by atomic mass is 16.6.